The molecule has 0 aliphatic heterocycles. The minimum absolute atomic E-state index is 0.162. The SMILES string of the molecule is CCOC(=O)Nc1nc2ccccc2n1C(=N)Oc1ccc(CCCCC(C)C)cc1. The average Bonchev–Trinajstić information content (AvgIpc) is 3.10. The van der Waals surface area contributed by atoms with Crippen LogP contribution in [0.4, 0.5) is 10.7 Å². The Morgan fingerprint density at radius 1 is 1.13 bits per heavy atom. The Morgan fingerprint density at radius 2 is 1.87 bits per heavy atom. The van der Waals surface area contributed by atoms with Crippen LogP contribution in [0.25, 0.3) is 11.0 Å². The van der Waals surface area contributed by atoms with Crippen molar-refractivity contribution in [3.05, 3.63) is 54.1 Å². The topological polar surface area (TPSA) is 89.2 Å². The first-order chi connectivity index (χ1) is 15.0. The number of carbonyl (C=O) groups excluding carboxylic acids is 1. The smallest absolute Gasteiger partial charge is 0.413 e. The quantitative estimate of drug-likeness (QED) is 0.271. The zero-order chi connectivity index (χ0) is 22.2. The summed E-state index contributed by atoms with van der Waals surface area (Å²) in [6.07, 6.45) is 4.04. The summed E-state index contributed by atoms with van der Waals surface area (Å²) in [6, 6.07) is 14.9. The van der Waals surface area contributed by atoms with Crippen LogP contribution in [-0.4, -0.2) is 28.3 Å². The minimum Gasteiger partial charge on any atom is -0.450 e. The van der Waals surface area contributed by atoms with E-state index in [0.717, 1.165) is 18.8 Å². The number of amides is 1. The number of nitrogens with one attached hydrogen (secondary N) is 2. The van der Waals surface area contributed by atoms with E-state index in [9.17, 15) is 4.79 Å². The second-order valence-electron chi connectivity index (χ2n) is 7.80. The van der Waals surface area contributed by atoms with E-state index in [1.54, 1.807) is 6.92 Å². The van der Waals surface area contributed by atoms with Crippen LogP contribution in [0, 0.1) is 11.3 Å². The molecule has 0 spiro atoms. The van der Waals surface area contributed by atoms with Gasteiger partial charge >= 0.3 is 12.1 Å². The van der Waals surface area contributed by atoms with Crippen LogP contribution in [0.5, 0.6) is 5.75 Å². The summed E-state index contributed by atoms with van der Waals surface area (Å²) < 4.78 is 12.2. The summed E-state index contributed by atoms with van der Waals surface area (Å²) in [6.45, 7) is 6.46. The molecule has 0 aliphatic rings. The van der Waals surface area contributed by atoms with Crippen molar-refractivity contribution < 1.29 is 14.3 Å². The lowest BCUT2D eigenvalue weighted by molar-refractivity contribution is 0.167. The van der Waals surface area contributed by atoms with Crippen LogP contribution in [0.1, 0.15) is 45.6 Å². The molecule has 2 N–H and O–H groups in total. The number of aryl methyl sites for hydroxylation is 1. The number of unbranched alkanes of at least 4 members (excludes halogenated alkanes) is 1. The first-order valence-electron chi connectivity index (χ1n) is 10.7. The zero-order valence-corrected chi connectivity index (χ0v) is 18.4. The highest BCUT2D eigenvalue weighted by molar-refractivity contribution is 5.95. The lowest BCUT2D eigenvalue weighted by Crippen LogP contribution is -2.23. The van der Waals surface area contributed by atoms with Crippen LogP contribution in [0.15, 0.2) is 48.5 Å². The van der Waals surface area contributed by atoms with Gasteiger partial charge in [0.05, 0.1) is 17.6 Å². The molecule has 7 nitrogen and oxygen atoms in total. The van der Waals surface area contributed by atoms with Crippen LogP contribution in [-0.2, 0) is 11.2 Å². The number of fused-ring (bicyclic) bond motifs is 1. The third-order valence-corrected chi connectivity index (χ3v) is 4.89. The monoisotopic (exact) mass is 422 g/mol. The molecule has 3 aromatic rings. The highest BCUT2D eigenvalue weighted by Gasteiger charge is 2.18. The zero-order valence-electron chi connectivity index (χ0n) is 18.4. The van der Waals surface area contributed by atoms with E-state index in [1.165, 1.54) is 23.0 Å². The van der Waals surface area contributed by atoms with Gasteiger partial charge in [0.1, 0.15) is 5.75 Å². The normalized spacial score (nSPS) is 11.0. The molecule has 0 bridgehead atoms. The molecule has 0 atom stereocenters. The number of rotatable bonds is 8. The fraction of sp³-hybridized carbons (Fsp3) is 0.375. The summed E-state index contributed by atoms with van der Waals surface area (Å²) in [5, 5.41) is 11.1. The van der Waals surface area contributed by atoms with Crippen molar-refractivity contribution in [2.24, 2.45) is 5.92 Å². The molecule has 3 rings (SSSR count). The molecule has 2 aromatic carbocycles. The van der Waals surface area contributed by atoms with E-state index >= 15 is 0 Å². The van der Waals surface area contributed by atoms with Gasteiger partial charge in [-0.2, -0.15) is 0 Å². The number of para-hydroxylation sites is 2. The molecule has 7 heteroatoms. The van der Waals surface area contributed by atoms with Gasteiger partial charge in [0.25, 0.3) is 0 Å². The molecule has 0 fully saturated rings. The summed E-state index contributed by atoms with van der Waals surface area (Å²) in [4.78, 5) is 16.3. The van der Waals surface area contributed by atoms with Crippen molar-refractivity contribution in [1.82, 2.24) is 9.55 Å². The van der Waals surface area contributed by atoms with E-state index in [0.29, 0.717) is 16.8 Å². The number of nitrogens with zero attached hydrogens (tertiary/aromatic N) is 2. The Labute approximate surface area is 182 Å². The van der Waals surface area contributed by atoms with Gasteiger partial charge < -0.3 is 9.47 Å². The van der Waals surface area contributed by atoms with Crippen molar-refractivity contribution in [3.8, 4) is 5.75 Å². The van der Waals surface area contributed by atoms with Crippen LogP contribution < -0.4 is 10.1 Å². The summed E-state index contributed by atoms with van der Waals surface area (Å²) in [5.41, 5.74) is 2.54. The van der Waals surface area contributed by atoms with Gasteiger partial charge in [-0.3, -0.25) is 10.7 Å². The number of carbonyl (C=O) groups is 1. The molecule has 31 heavy (non-hydrogen) atoms. The third kappa shape index (κ3) is 6.07. The van der Waals surface area contributed by atoms with Crippen LogP contribution in [0.3, 0.4) is 0 Å². The highest BCUT2D eigenvalue weighted by atomic mass is 16.5. The fourth-order valence-corrected chi connectivity index (χ4v) is 3.34. The highest BCUT2D eigenvalue weighted by Crippen LogP contribution is 2.22. The Hall–Kier alpha value is -3.35. The Balaban J connectivity index is 1.71. The van der Waals surface area contributed by atoms with E-state index < -0.39 is 6.09 Å². The number of benzene rings is 2. The number of ether oxygens (including phenoxy) is 2. The summed E-state index contributed by atoms with van der Waals surface area (Å²) >= 11 is 0. The van der Waals surface area contributed by atoms with Gasteiger partial charge in [0.15, 0.2) is 0 Å². The summed E-state index contributed by atoms with van der Waals surface area (Å²) in [5.74, 6) is 1.46. The van der Waals surface area contributed by atoms with Gasteiger partial charge in [0.2, 0.25) is 5.95 Å². The van der Waals surface area contributed by atoms with Crippen LogP contribution >= 0.6 is 0 Å². The van der Waals surface area contributed by atoms with Crippen molar-refractivity contribution in [2.75, 3.05) is 11.9 Å². The predicted octanol–water partition coefficient (Wildman–Crippen LogP) is 5.84. The van der Waals surface area contributed by atoms with Crippen molar-refractivity contribution in [1.29, 1.82) is 5.41 Å². The molecule has 1 amide bonds. The Kier molecular flexibility index (Phi) is 7.65. The van der Waals surface area contributed by atoms with Gasteiger partial charge in [0, 0.05) is 0 Å². The van der Waals surface area contributed by atoms with Crippen molar-refractivity contribution in [2.45, 2.75) is 46.5 Å². The van der Waals surface area contributed by atoms with Gasteiger partial charge in [-0.15, -0.1) is 0 Å². The number of aromatic nitrogens is 2. The van der Waals surface area contributed by atoms with Crippen molar-refractivity contribution >= 4 is 29.1 Å². The molecule has 1 heterocycles. The van der Waals surface area contributed by atoms with Gasteiger partial charge in [-0.1, -0.05) is 51.0 Å². The van der Waals surface area contributed by atoms with E-state index in [-0.39, 0.29) is 18.6 Å². The largest absolute Gasteiger partial charge is 0.450 e. The lowest BCUT2D eigenvalue weighted by Gasteiger charge is -2.12. The first-order valence-corrected chi connectivity index (χ1v) is 10.7. The molecule has 0 unspecified atom stereocenters. The maximum atomic E-state index is 11.9. The standard InChI is InChI=1S/C24H30N4O3/c1-4-30-24(29)27-23-26-20-11-7-8-12-21(20)28(23)22(25)31-19-15-13-18(14-16-19)10-6-5-9-17(2)3/h7-8,11-17,25H,4-6,9-10H2,1-3H3,(H,26,27,29). The first kappa shape index (κ1) is 22.3. The van der Waals surface area contributed by atoms with Gasteiger partial charge in [-0.05, 0) is 55.5 Å². The second-order valence-corrected chi connectivity index (χ2v) is 7.80. The molecular weight excluding hydrogens is 392 g/mol. The molecule has 0 saturated carbocycles. The Morgan fingerprint density at radius 3 is 2.58 bits per heavy atom. The maximum Gasteiger partial charge on any atom is 0.413 e. The van der Waals surface area contributed by atoms with Gasteiger partial charge in [-0.25, -0.2) is 14.3 Å². The molecular formula is C24H30N4O3. The number of hydrogen-bond acceptors (Lipinski definition) is 5. The minimum atomic E-state index is -0.631. The number of hydrogen-bond donors (Lipinski definition) is 2. The average molecular weight is 423 g/mol. The van der Waals surface area contributed by atoms with E-state index in [1.807, 2.05) is 48.5 Å². The molecule has 0 radical (unpaired) electrons. The molecule has 0 aliphatic carbocycles. The maximum absolute atomic E-state index is 11.9. The third-order valence-electron chi connectivity index (χ3n) is 4.89. The molecule has 1 aromatic heterocycles. The summed E-state index contributed by atoms with van der Waals surface area (Å²) in [7, 11) is 0. The number of imidazole rings is 1. The van der Waals surface area contributed by atoms with E-state index in [4.69, 9.17) is 14.9 Å². The Bertz CT molecular complexity index is 1020. The molecule has 0 saturated heterocycles. The second kappa shape index (κ2) is 10.6. The van der Waals surface area contributed by atoms with Crippen LogP contribution in [0.2, 0.25) is 0 Å². The number of anilines is 1. The lowest BCUT2D eigenvalue weighted by atomic mass is 10.0. The van der Waals surface area contributed by atoms with Crippen molar-refractivity contribution in [3.63, 3.8) is 0 Å². The predicted molar refractivity (Wildman–Crippen MR) is 123 cm³/mol. The van der Waals surface area contributed by atoms with E-state index in [2.05, 4.69) is 24.1 Å². The fourth-order valence-electron chi connectivity index (χ4n) is 3.34. The molecule has 164 valence electrons.